The summed E-state index contributed by atoms with van der Waals surface area (Å²) in [5.74, 6) is 0.329. The van der Waals surface area contributed by atoms with Crippen molar-refractivity contribution in [2.45, 2.75) is 56.0 Å². The topological polar surface area (TPSA) is 37.4 Å². The summed E-state index contributed by atoms with van der Waals surface area (Å²) in [6.45, 7) is 4.03. The molecule has 1 aliphatic heterocycles. The molecule has 106 valence electrons. The third-order valence-electron chi connectivity index (χ3n) is 3.81. The quantitative estimate of drug-likeness (QED) is 0.800. The molecule has 3 nitrogen and oxygen atoms in total. The van der Waals surface area contributed by atoms with Gasteiger partial charge in [-0.15, -0.1) is 11.6 Å². The number of halogens is 1. The van der Waals surface area contributed by atoms with Crippen molar-refractivity contribution in [3.8, 4) is 0 Å². The first-order valence-electron chi connectivity index (χ1n) is 6.69. The smallest absolute Gasteiger partial charge is 0.207 e. The second-order valence-electron chi connectivity index (χ2n) is 5.10. The zero-order chi connectivity index (χ0) is 14.0. The van der Waals surface area contributed by atoms with Crippen molar-refractivity contribution in [1.82, 2.24) is 4.31 Å². The van der Waals surface area contributed by atoms with Crippen LogP contribution in [0.4, 0.5) is 0 Å². The van der Waals surface area contributed by atoms with Crippen LogP contribution in [0.1, 0.15) is 38.7 Å². The van der Waals surface area contributed by atoms with Crippen molar-refractivity contribution < 1.29 is 8.42 Å². The van der Waals surface area contributed by atoms with E-state index in [1.807, 2.05) is 19.9 Å². The highest BCUT2D eigenvalue weighted by Gasteiger charge is 2.39. The molecule has 5 heteroatoms. The van der Waals surface area contributed by atoms with E-state index in [4.69, 9.17) is 11.6 Å². The lowest BCUT2D eigenvalue weighted by Crippen LogP contribution is -2.39. The summed E-state index contributed by atoms with van der Waals surface area (Å²) >= 11 is 5.78. The predicted molar refractivity (Wildman–Crippen MR) is 77.8 cm³/mol. The van der Waals surface area contributed by atoms with Gasteiger partial charge in [-0.1, -0.05) is 19.1 Å². The zero-order valence-electron chi connectivity index (χ0n) is 11.3. The molecular formula is C14H20ClNO2S. The maximum Gasteiger partial charge on any atom is 0.243 e. The van der Waals surface area contributed by atoms with Crippen LogP contribution < -0.4 is 0 Å². The third-order valence-corrected chi connectivity index (χ3v) is 6.18. The van der Waals surface area contributed by atoms with E-state index < -0.39 is 10.0 Å². The maximum atomic E-state index is 12.8. The van der Waals surface area contributed by atoms with E-state index in [0.717, 1.165) is 24.8 Å². The molecule has 0 radical (unpaired) electrons. The van der Waals surface area contributed by atoms with Crippen LogP contribution in [-0.4, -0.2) is 24.8 Å². The van der Waals surface area contributed by atoms with Crippen molar-refractivity contribution >= 4 is 21.6 Å². The fourth-order valence-electron chi connectivity index (χ4n) is 2.78. The van der Waals surface area contributed by atoms with E-state index in [1.165, 1.54) is 0 Å². The van der Waals surface area contributed by atoms with E-state index in [2.05, 4.69) is 0 Å². The molecule has 0 amide bonds. The third kappa shape index (κ3) is 2.81. The fourth-order valence-corrected chi connectivity index (χ4v) is 4.96. The number of alkyl halides is 1. The van der Waals surface area contributed by atoms with Crippen LogP contribution >= 0.6 is 11.6 Å². The number of nitrogens with zero attached hydrogens (tertiary/aromatic N) is 1. The first-order chi connectivity index (χ1) is 9.00. The molecule has 2 unspecified atom stereocenters. The Bertz CT molecular complexity index is 544. The van der Waals surface area contributed by atoms with Crippen LogP contribution in [0.2, 0.25) is 0 Å². The summed E-state index contributed by atoms with van der Waals surface area (Å²) in [5.41, 5.74) is 0.836. The van der Waals surface area contributed by atoms with Crippen molar-refractivity contribution in [2.75, 3.05) is 0 Å². The Morgan fingerprint density at radius 1 is 1.37 bits per heavy atom. The van der Waals surface area contributed by atoms with E-state index in [9.17, 15) is 8.42 Å². The lowest BCUT2D eigenvalue weighted by atomic mass is 10.2. The maximum absolute atomic E-state index is 12.8. The minimum Gasteiger partial charge on any atom is -0.207 e. The summed E-state index contributed by atoms with van der Waals surface area (Å²) in [5, 5.41) is 0. The molecule has 1 aliphatic rings. The second kappa shape index (κ2) is 5.81. The van der Waals surface area contributed by atoms with Gasteiger partial charge in [0.25, 0.3) is 0 Å². The van der Waals surface area contributed by atoms with Crippen LogP contribution in [0.25, 0.3) is 0 Å². The molecule has 1 aromatic carbocycles. The first-order valence-corrected chi connectivity index (χ1v) is 8.66. The summed E-state index contributed by atoms with van der Waals surface area (Å²) in [4.78, 5) is 0.359. The van der Waals surface area contributed by atoms with Crippen molar-refractivity contribution in [3.05, 3.63) is 29.8 Å². The van der Waals surface area contributed by atoms with Gasteiger partial charge in [-0.05, 0) is 43.9 Å². The molecule has 1 heterocycles. The summed E-state index contributed by atoms with van der Waals surface area (Å²) in [7, 11) is -3.41. The van der Waals surface area contributed by atoms with Gasteiger partial charge < -0.3 is 0 Å². The molecule has 1 saturated heterocycles. The zero-order valence-corrected chi connectivity index (χ0v) is 12.9. The number of hydrogen-bond donors (Lipinski definition) is 0. The van der Waals surface area contributed by atoms with Gasteiger partial charge in [0.1, 0.15) is 0 Å². The molecule has 0 aromatic heterocycles. The Balaban J connectivity index is 2.40. The minimum atomic E-state index is -3.41. The molecule has 2 atom stereocenters. The standard InChI is InChI=1S/C14H20ClNO2S/c1-3-13-8-7-11(2)16(13)19(17,18)14-6-4-5-12(9-14)10-15/h4-6,9,11,13H,3,7-8,10H2,1-2H3. The van der Waals surface area contributed by atoms with Gasteiger partial charge in [0.05, 0.1) is 4.90 Å². The molecule has 2 rings (SSSR count). The molecule has 19 heavy (non-hydrogen) atoms. The highest BCUT2D eigenvalue weighted by atomic mass is 35.5. The van der Waals surface area contributed by atoms with E-state index >= 15 is 0 Å². The number of rotatable bonds is 4. The Labute approximate surface area is 120 Å². The van der Waals surface area contributed by atoms with Crippen LogP contribution in [0.15, 0.2) is 29.2 Å². The van der Waals surface area contributed by atoms with Gasteiger partial charge in [-0.2, -0.15) is 4.31 Å². The Hall–Kier alpha value is -0.580. The fraction of sp³-hybridized carbons (Fsp3) is 0.571. The monoisotopic (exact) mass is 301 g/mol. The second-order valence-corrected chi connectivity index (χ2v) is 7.21. The number of benzene rings is 1. The van der Waals surface area contributed by atoms with Crippen LogP contribution in [0.5, 0.6) is 0 Å². The Morgan fingerprint density at radius 3 is 2.74 bits per heavy atom. The average Bonchev–Trinajstić information content (AvgIpc) is 2.80. The molecule has 0 aliphatic carbocycles. The average molecular weight is 302 g/mol. The van der Waals surface area contributed by atoms with Gasteiger partial charge in [-0.3, -0.25) is 0 Å². The summed E-state index contributed by atoms with van der Waals surface area (Å²) in [6.07, 6.45) is 2.75. The highest BCUT2D eigenvalue weighted by molar-refractivity contribution is 7.89. The molecule has 0 N–H and O–H groups in total. The number of hydrogen-bond acceptors (Lipinski definition) is 2. The first kappa shape index (κ1) is 14.8. The van der Waals surface area contributed by atoms with Gasteiger partial charge in [0.2, 0.25) is 10.0 Å². The van der Waals surface area contributed by atoms with E-state index in [0.29, 0.717) is 10.8 Å². The van der Waals surface area contributed by atoms with Gasteiger partial charge >= 0.3 is 0 Å². The van der Waals surface area contributed by atoms with E-state index in [-0.39, 0.29) is 12.1 Å². The van der Waals surface area contributed by atoms with Crippen LogP contribution in [0.3, 0.4) is 0 Å². The number of sulfonamides is 1. The minimum absolute atomic E-state index is 0.0783. The normalized spacial score (nSPS) is 24.8. The largest absolute Gasteiger partial charge is 0.243 e. The van der Waals surface area contributed by atoms with Gasteiger partial charge in [0, 0.05) is 18.0 Å². The van der Waals surface area contributed by atoms with Gasteiger partial charge in [-0.25, -0.2) is 8.42 Å². The lowest BCUT2D eigenvalue weighted by Gasteiger charge is -2.27. The summed E-state index contributed by atoms with van der Waals surface area (Å²) < 4.78 is 27.2. The lowest BCUT2D eigenvalue weighted by molar-refractivity contribution is 0.328. The SMILES string of the molecule is CCC1CCC(C)N1S(=O)(=O)c1cccc(CCl)c1. The summed E-state index contributed by atoms with van der Waals surface area (Å²) in [6, 6.07) is 7.14. The molecule has 0 spiro atoms. The van der Waals surface area contributed by atoms with Crippen molar-refractivity contribution in [2.24, 2.45) is 0 Å². The van der Waals surface area contributed by atoms with Crippen molar-refractivity contribution in [3.63, 3.8) is 0 Å². The van der Waals surface area contributed by atoms with E-state index in [1.54, 1.807) is 22.5 Å². The Kier molecular flexibility index (Phi) is 4.54. The highest BCUT2D eigenvalue weighted by Crippen LogP contribution is 2.32. The molecule has 1 aromatic rings. The predicted octanol–water partition coefficient (Wildman–Crippen LogP) is 3.38. The molecular weight excluding hydrogens is 282 g/mol. The Morgan fingerprint density at radius 2 is 2.11 bits per heavy atom. The van der Waals surface area contributed by atoms with Crippen molar-refractivity contribution in [1.29, 1.82) is 0 Å². The molecule has 1 fully saturated rings. The van der Waals surface area contributed by atoms with Crippen LogP contribution in [-0.2, 0) is 15.9 Å². The molecule has 0 bridgehead atoms. The van der Waals surface area contributed by atoms with Crippen LogP contribution in [0, 0.1) is 0 Å². The van der Waals surface area contributed by atoms with Gasteiger partial charge in [0.15, 0.2) is 0 Å². The molecule has 0 saturated carbocycles.